The van der Waals surface area contributed by atoms with Gasteiger partial charge in [0.25, 0.3) is 5.69 Å². The molecule has 1 N–H and O–H groups in total. The maximum absolute atomic E-state index is 10.5. The van der Waals surface area contributed by atoms with Gasteiger partial charge in [-0.15, -0.1) is 0 Å². The minimum Gasteiger partial charge on any atom is -0.258 e. The Kier molecular flexibility index (Phi) is 3.69. The van der Waals surface area contributed by atoms with Crippen molar-refractivity contribution in [2.75, 3.05) is 13.2 Å². The Morgan fingerprint density at radius 1 is 1.29 bits per heavy atom. The Bertz CT molecular complexity index is 402. The number of hydrogen-bond acceptors (Lipinski definition) is 5. The summed E-state index contributed by atoms with van der Waals surface area (Å²) in [5.74, 6) is 0. The van der Waals surface area contributed by atoms with Crippen molar-refractivity contribution in [3.63, 3.8) is 0 Å². The van der Waals surface area contributed by atoms with Crippen LogP contribution in [0.5, 0.6) is 0 Å². The Morgan fingerprint density at radius 3 is 2.41 bits per heavy atom. The Labute approximate surface area is 98.9 Å². The van der Waals surface area contributed by atoms with Gasteiger partial charge in [0.2, 0.25) is 0 Å². The average Bonchev–Trinajstić information content (AvgIpc) is 2.30. The molecule has 2 rings (SSSR count). The standard InChI is InChI=1S/C10H13NO5P/c12-11(13)10-4-2-9(3-5-10)8-17(14)15-6-1-7-16-17/h2-5,14H,1,6-8H2/q+1. The molecule has 0 unspecified atom stereocenters. The molecule has 0 radical (unpaired) electrons. The zero-order valence-electron chi connectivity index (χ0n) is 9.11. The number of nitro groups is 1. The van der Waals surface area contributed by atoms with E-state index in [0.717, 1.165) is 12.0 Å². The lowest BCUT2D eigenvalue weighted by atomic mass is 10.2. The van der Waals surface area contributed by atoms with Crippen LogP contribution in [0.1, 0.15) is 12.0 Å². The van der Waals surface area contributed by atoms with Crippen molar-refractivity contribution < 1.29 is 18.9 Å². The molecule has 1 aliphatic rings. The van der Waals surface area contributed by atoms with E-state index >= 15 is 0 Å². The Morgan fingerprint density at radius 2 is 1.88 bits per heavy atom. The minimum absolute atomic E-state index is 0.0320. The molecule has 1 aromatic rings. The van der Waals surface area contributed by atoms with Crippen molar-refractivity contribution in [1.82, 2.24) is 0 Å². The van der Waals surface area contributed by atoms with Crippen LogP contribution in [0.4, 0.5) is 5.69 Å². The highest BCUT2D eigenvalue weighted by atomic mass is 31.2. The number of benzene rings is 1. The SMILES string of the molecule is O=[N+]([O-])c1ccc(C[P+]2(O)OCCCO2)cc1. The number of nitrogens with zero attached hydrogens (tertiary/aromatic N) is 1. The van der Waals surface area contributed by atoms with Crippen molar-refractivity contribution in [1.29, 1.82) is 0 Å². The predicted molar refractivity (Wildman–Crippen MR) is 62.5 cm³/mol. The summed E-state index contributed by atoms with van der Waals surface area (Å²) < 4.78 is 10.5. The van der Waals surface area contributed by atoms with Gasteiger partial charge in [-0.1, -0.05) is 0 Å². The first-order chi connectivity index (χ1) is 8.09. The van der Waals surface area contributed by atoms with Crippen LogP contribution in [0.3, 0.4) is 0 Å². The van der Waals surface area contributed by atoms with Gasteiger partial charge in [-0.2, -0.15) is 13.9 Å². The van der Waals surface area contributed by atoms with Crippen LogP contribution in [0.15, 0.2) is 24.3 Å². The van der Waals surface area contributed by atoms with E-state index in [0.29, 0.717) is 13.2 Å². The summed E-state index contributed by atoms with van der Waals surface area (Å²) in [7, 11) is -2.79. The second-order valence-corrected chi connectivity index (χ2v) is 5.85. The molecule has 6 nitrogen and oxygen atoms in total. The molecular formula is C10H13NO5P+. The maximum Gasteiger partial charge on any atom is 0.413 e. The van der Waals surface area contributed by atoms with E-state index in [1.807, 2.05) is 0 Å². The monoisotopic (exact) mass is 258 g/mol. The second kappa shape index (κ2) is 5.06. The van der Waals surface area contributed by atoms with Gasteiger partial charge in [0.15, 0.2) is 6.16 Å². The molecule has 0 bridgehead atoms. The normalized spacial score (nSPS) is 18.9. The van der Waals surface area contributed by atoms with Crippen molar-refractivity contribution >= 4 is 13.6 Å². The number of non-ortho nitro benzene ring substituents is 1. The summed E-state index contributed by atoms with van der Waals surface area (Å²) in [6, 6.07) is 6.03. The van der Waals surface area contributed by atoms with Crippen molar-refractivity contribution in [3.8, 4) is 0 Å². The summed E-state index contributed by atoms with van der Waals surface area (Å²) in [5.41, 5.74) is 0.804. The molecule has 92 valence electrons. The van der Waals surface area contributed by atoms with Crippen LogP contribution in [-0.4, -0.2) is 23.0 Å². The molecule has 1 saturated heterocycles. The molecule has 0 aromatic heterocycles. The van der Waals surface area contributed by atoms with Gasteiger partial charge in [0.1, 0.15) is 0 Å². The quantitative estimate of drug-likeness (QED) is 0.511. The zero-order valence-corrected chi connectivity index (χ0v) is 10.0. The highest BCUT2D eigenvalue weighted by Crippen LogP contribution is 2.61. The van der Waals surface area contributed by atoms with Crippen molar-refractivity contribution in [3.05, 3.63) is 39.9 Å². The van der Waals surface area contributed by atoms with E-state index in [2.05, 4.69) is 0 Å². The molecule has 7 heteroatoms. The van der Waals surface area contributed by atoms with E-state index in [4.69, 9.17) is 9.05 Å². The lowest BCUT2D eigenvalue weighted by Crippen LogP contribution is -2.14. The van der Waals surface area contributed by atoms with E-state index in [1.165, 1.54) is 12.1 Å². The topological polar surface area (TPSA) is 81.8 Å². The third kappa shape index (κ3) is 3.20. The van der Waals surface area contributed by atoms with Crippen LogP contribution in [0.2, 0.25) is 0 Å². The summed E-state index contributed by atoms with van der Waals surface area (Å²) >= 11 is 0. The average molecular weight is 258 g/mol. The predicted octanol–water partition coefficient (Wildman–Crippen LogP) is 2.29. The first-order valence-electron chi connectivity index (χ1n) is 5.22. The van der Waals surface area contributed by atoms with Gasteiger partial charge in [-0.3, -0.25) is 10.1 Å². The molecule has 1 aliphatic heterocycles. The van der Waals surface area contributed by atoms with Crippen LogP contribution >= 0.6 is 7.94 Å². The Balaban J connectivity index is 2.05. The van der Waals surface area contributed by atoms with Crippen molar-refractivity contribution in [2.45, 2.75) is 12.6 Å². The fourth-order valence-corrected chi connectivity index (χ4v) is 3.31. The maximum atomic E-state index is 10.5. The molecule has 17 heavy (non-hydrogen) atoms. The van der Waals surface area contributed by atoms with Crippen LogP contribution in [0.25, 0.3) is 0 Å². The van der Waals surface area contributed by atoms with Gasteiger partial charge in [0, 0.05) is 18.6 Å². The minimum atomic E-state index is -2.79. The van der Waals surface area contributed by atoms with Gasteiger partial charge in [0.05, 0.1) is 18.1 Å². The lowest BCUT2D eigenvalue weighted by molar-refractivity contribution is -0.384. The van der Waals surface area contributed by atoms with Crippen LogP contribution in [-0.2, 0) is 15.2 Å². The first-order valence-corrected chi connectivity index (χ1v) is 6.99. The van der Waals surface area contributed by atoms with Crippen LogP contribution < -0.4 is 0 Å². The fraction of sp³-hybridized carbons (Fsp3) is 0.400. The molecule has 0 aliphatic carbocycles. The van der Waals surface area contributed by atoms with E-state index < -0.39 is 12.9 Å². The number of nitro benzene ring substituents is 1. The van der Waals surface area contributed by atoms with E-state index in [9.17, 15) is 15.0 Å². The lowest BCUT2D eigenvalue weighted by Gasteiger charge is -2.20. The summed E-state index contributed by atoms with van der Waals surface area (Å²) in [6.07, 6.45) is 1.05. The summed E-state index contributed by atoms with van der Waals surface area (Å²) in [5, 5.41) is 10.5. The van der Waals surface area contributed by atoms with E-state index in [-0.39, 0.29) is 11.8 Å². The molecule has 0 amide bonds. The number of rotatable bonds is 3. The molecule has 0 spiro atoms. The van der Waals surface area contributed by atoms with Gasteiger partial charge < -0.3 is 0 Å². The second-order valence-electron chi connectivity index (χ2n) is 3.74. The first kappa shape index (κ1) is 12.4. The smallest absolute Gasteiger partial charge is 0.258 e. The van der Waals surface area contributed by atoms with Crippen molar-refractivity contribution in [2.24, 2.45) is 0 Å². The van der Waals surface area contributed by atoms with Crippen LogP contribution in [0, 0.1) is 10.1 Å². The molecule has 0 saturated carbocycles. The molecule has 1 heterocycles. The zero-order chi connectivity index (χ0) is 12.3. The number of hydrogen-bond donors (Lipinski definition) is 1. The molecular weight excluding hydrogens is 245 g/mol. The summed E-state index contributed by atoms with van der Waals surface area (Å²) in [6.45, 7) is 0.995. The fourth-order valence-electron chi connectivity index (χ4n) is 1.56. The largest absolute Gasteiger partial charge is 0.413 e. The highest BCUT2D eigenvalue weighted by molar-refractivity contribution is 7.59. The van der Waals surface area contributed by atoms with E-state index in [1.54, 1.807) is 12.1 Å². The summed E-state index contributed by atoms with van der Waals surface area (Å²) in [4.78, 5) is 20.1. The molecule has 0 atom stereocenters. The molecule has 1 fully saturated rings. The van der Waals surface area contributed by atoms with Gasteiger partial charge in [-0.05, 0) is 17.7 Å². The van der Waals surface area contributed by atoms with Gasteiger partial charge >= 0.3 is 7.94 Å². The highest BCUT2D eigenvalue weighted by Gasteiger charge is 2.43. The third-order valence-electron chi connectivity index (χ3n) is 2.40. The Hall–Kier alpha value is -1.07. The van der Waals surface area contributed by atoms with Gasteiger partial charge in [-0.25, -0.2) is 0 Å². The third-order valence-corrected chi connectivity index (χ3v) is 4.34. The molecule has 1 aromatic carbocycles.